The van der Waals surface area contributed by atoms with Gasteiger partial charge in [-0.05, 0) is 12.8 Å². The van der Waals surface area contributed by atoms with Gasteiger partial charge in [0.25, 0.3) is 0 Å². The van der Waals surface area contributed by atoms with Gasteiger partial charge in [-0.1, -0.05) is 0 Å². The van der Waals surface area contributed by atoms with Crippen LogP contribution in [0.15, 0.2) is 17.3 Å². The fourth-order valence-corrected chi connectivity index (χ4v) is 0.104. The highest BCUT2D eigenvalue weighted by Gasteiger charge is 1.49. The van der Waals surface area contributed by atoms with E-state index in [1.165, 1.54) is 12.3 Å². The normalized spacial score (nSPS) is 8.67. The van der Waals surface area contributed by atoms with E-state index < -0.39 is 0 Å². The first-order valence-electron chi connectivity index (χ1n) is 1.53. The Morgan fingerprint density at radius 2 is 2.33 bits per heavy atom. The zero-order valence-electron chi connectivity index (χ0n) is 3.39. The van der Waals surface area contributed by atoms with Crippen molar-refractivity contribution >= 4 is 12.9 Å². The largest absolute Gasteiger partial charge is 0.309 e. The van der Waals surface area contributed by atoms with Crippen LogP contribution in [0.4, 0.5) is 0 Å². The highest BCUT2D eigenvalue weighted by molar-refractivity contribution is 5.67. The Hall–Kier alpha value is -0.920. The van der Waals surface area contributed by atoms with Crippen LogP contribution < -0.4 is 0 Å². The molecule has 0 aliphatic heterocycles. The molecular formula is C4H6N2. The standard InChI is InChI=1S/C4H6N2/c1-6-4-2-3-5/h2-5H,1H2/b4-2-,5-3?. The molecule has 2 heteroatoms. The summed E-state index contributed by atoms with van der Waals surface area (Å²) in [5, 5.41) is 6.41. The lowest BCUT2D eigenvalue weighted by molar-refractivity contribution is 1.56. The molecular weight excluding hydrogens is 76.1 g/mol. The maximum atomic E-state index is 6.41. The lowest BCUT2D eigenvalue weighted by atomic mass is 10.7. The summed E-state index contributed by atoms with van der Waals surface area (Å²) in [5.41, 5.74) is 0. The number of nitrogens with zero attached hydrogens (tertiary/aromatic N) is 1. The molecule has 0 rings (SSSR count). The van der Waals surface area contributed by atoms with E-state index >= 15 is 0 Å². The maximum absolute atomic E-state index is 6.41. The molecule has 0 heterocycles. The van der Waals surface area contributed by atoms with Crippen molar-refractivity contribution in [3.05, 3.63) is 12.3 Å². The van der Waals surface area contributed by atoms with Crippen LogP contribution in [0.3, 0.4) is 0 Å². The Labute approximate surface area is 36.7 Å². The summed E-state index contributed by atoms with van der Waals surface area (Å²) in [6.45, 7) is 3.16. The van der Waals surface area contributed by atoms with E-state index in [9.17, 15) is 0 Å². The number of hydrogen-bond acceptors (Lipinski definition) is 2. The molecule has 0 radical (unpaired) electrons. The highest BCUT2D eigenvalue weighted by atomic mass is 14.6. The monoisotopic (exact) mass is 82.1 g/mol. The van der Waals surface area contributed by atoms with Crippen molar-refractivity contribution in [2.24, 2.45) is 4.99 Å². The van der Waals surface area contributed by atoms with Crippen molar-refractivity contribution in [2.75, 3.05) is 0 Å². The molecule has 0 atom stereocenters. The van der Waals surface area contributed by atoms with Crippen molar-refractivity contribution in [1.29, 1.82) is 5.41 Å². The Balaban J connectivity index is 3.17. The Kier molecular flexibility index (Phi) is 3.45. The Bertz CT molecular complexity index is 63.6. The maximum Gasteiger partial charge on any atom is 0.0275 e. The van der Waals surface area contributed by atoms with Crippen LogP contribution in [0.25, 0.3) is 0 Å². The molecule has 0 aliphatic rings. The predicted octanol–water partition coefficient (Wildman–Crippen LogP) is 0.850. The van der Waals surface area contributed by atoms with Gasteiger partial charge in [-0.3, -0.25) is 4.99 Å². The van der Waals surface area contributed by atoms with Gasteiger partial charge in [0, 0.05) is 12.4 Å². The first kappa shape index (κ1) is 5.08. The quantitative estimate of drug-likeness (QED) is 0.479. The van der Waals surface area contributed by atoms with Gasteiger partial charge in [0.05, 0.1) is 0 Å². The van der Waals surface area contributed by atoms with Crippen LogP contribution in [-0.4, -0.2) is 12.9 Å². The van der Waals surface area contributed by atoms with Crippen LogP contribution in [0.1, 0.15) is 0 Å². The minimum absolute atomic E-state index is 1.15. The highest BCUT2D eigenvalue weighted by Crippen LogP contribution is 1.62. The molecule has 0 fully saturated rings. The van der Waals surface area contributed by atoms with E-state index in [0.717, 1.165) is 6.21 Å². The second kappa shape index (κ2) is 4.08. The lowest BCUT2D eigenvalue weighted by Gasteiger charge is -1.60. The molecule has 0 aromatic rings. The zero-order chi connectivity index (χ0) is 4.83. The summed E-state index contributed by atoms with van der Waals surface area (Å²) in [4.78, 5) is 3.34. The summed E-state index contributed by atoms with van der Waals surface area (Å²) in [5.74, 6) is 0. The van der Waals surface area contributed by atoms with Crippen LogP contribution in [-0.2, 0) is 0 Å². The van der Waals surface area contributed by atoms with Crippen LogP contribution in [0, 0.1) is 5.41 Å². The zero-order valence-corrected chi connectivity index (χ0v) is 3.39. The second-order valence-corrected chi connectivity index (χ2v) is 0.691. The van der Waals surface area contributed by atoms with Crippen LogP contribution >= 0.6 is 0 Å². The molecule has 32 valence electrons. The fourth-order valence-electron chi connectivity index (χ4n) is 0.104. The summed E-state index contributed by atoms with van der Waals surface area (Å²) < 4.78 is 0. The van der Waals surface area contributed by atoms with Gasteiger partial charge in [-0.15, -0.1) is 0 Å². The fraction of sp³-hybridized carbons (Fsp3) is 0. The van der Waals surface area contributed by atoms with Gasteiger partial charge in [0.1, 0.15) is 0 Å². The third-order valence-electron chi connectivity index (χ3n) is 0.288. The van der Waals surface area contributed by atoms with Crippen LogP contribution in [0.5, 0.6) is 0 Å². The third-order valence-corrected chi connectivity index (χ3v) is 0.288. The lowest BCUT2D eigenvalue weighted by Crippen LogP contribution is -1.51. The molecule has 6 heavy (non-hydrogen) atoms. The third kappa shape index (κ3) is 3.08. The van der Waals surface area contributed by atoms with E-state index in [-0.39, 0.29) is 0 Å². The van der Waals surface area contributed by atoms with E-state index in [2.05, 4.69) is 11.7 Å². The first-order valence-corrected chi connectivity index (χ1v) is 1.53. The molecule has 0 aromatic heterocycles. The first-order chi connectivity index (χ1) is 2.91. The molecule has 0 aromatic carbocycles. The van der Waals surface area contributed by atoms with Gasteiger partial charge in [-0.2, -0.15) is 0 Å². The number of rotatable bonds is 2. The van der Waals surface area contributed by atoms with Gasteiger partial charge < -0.3 is 5.41 Å². The van der Waals surface area contributed by atoms with Crippen molar-refractivity contribution in [2.45, 2.75) is 0 Å². The van der Waals surface area contributed by atoms with Gasteiger partial charge >= 0.3 is 0 Å². The average molecular weight is 82.1 g/mol. The molecule has 0 aliphatic carbocycles. The molecule has 0 saturated carbocycles. The van der Waals surface area contributed by atoms with Gasteiger partial charge in [0.2, 0.25) is 0 Å². The van der Waals surface area contributed by atoms with E-state index in [1.807, 2.05) is 0 Å². The number of aliphatic imine (C=N–C) groups is 1. The van der Waals surface area contributed by atoms with E-state index in [1.54, 1.807) is 0 Å². The predicted molar refractivity (Wildman–Crippen MR) is 27.5 cm³/mol. The topological polar surface area (TPSA) is 36.2 Å². The van der Waals surface area contributed by atoms with Gasteiger partial charge in [0.15, 0.2) is 0 Å². The summed E-state index contributed by atoms with van der Waals surface area (Å²) in [6.07, 6.45) is 4.09. The summed E-state index contributed by atoms with van der Waals surface area (Å²) in [6, 6.07) is 0. The summed E-state index contributed by atoms with van der Waals surface area (Å²) >= 11 is 0. The van der Waals surface area contributed by atoms with E-state index in [0.29, 0.717) is 0 Å². The molecule has 0 bridgehead atoms. The Morgan fingerprint density at radius 3 is 2.50 bits per heavy atom. The number of allylic oxidation sites excluding steroid dienone is 1. The number of nitrogens with one attached hydrogen (secondary N) is 1. The van der Waals surface area contributed by atoms with Crippen molar-refractivity contribution in [3.63, 3.8) is 0 Å². The molecule has 1 N–H and O–H groups in total. The molecule has 0 saturated heterocycles. The summed E-state index contributed by atoms with van der Waals surface area (Å²) in [7, 11) is 0. The van der Waals surface area contributed by atoms with Crippen molar-refractivity contribution in [3.8, 4) is 0 Å². The van der Waals surface area contributed by atoms with Crippen molar-refractivity contribution in [1.82, 2.24) is 0 Å². The van der Waals surface area contributed by atoms with Crippen LogP contribution in [0.2, 0.25) is 0 Å². The average Bonchev–Trinajstić information content (AvgIpc) is 1.61. The SMILES string of the molecule is C=N/C=C\C=N. The Morgan fingerprint density at radius 1 is 1.67 bits per heavy atom. The minimum atomic E-state index is 1.15. The minimum Gasteiger partial charge on any atom is -0.309 e. The second-order valence-electron chi connectivity index (χ2n) is 0.691. The van der Waals surface area contributed by atoms with E-state index in [4.69, 9.17) is 5.41 Å². The number of hydrogen-bond donors (Lipinski definition) is 1. The van der Waals surface area contributed by atoms with Gasteiger partial charge in [-0.25, -0.2) is 0 Å². The molecule has 0 spiro atoms. The van der Waals surface area contributed by atoms with Crippen molar-refractivity contribution < 1.29 is 0 Å². The molecule has 0 unspecified atom stereocenters. The smallest absolute Gasteiger partial charge is 0.0275 e. The molecule has 0 amide bonds. The molecule has 2 nitrogen and oxygen atoms in total.